The first kappa shape index (κ1) is 37.3. The molecule has 0 unspecified atom stereocenters. The van der Waals surface area contributed by atoms with Crippen molar-refractivity contribution in [2.45, 2.75) is 5.41 Å². The number of fused-ring (bicyclic) bond motifs is 18. The zero-order valence-corrected chi connectivity index (χ0v) is 36.8. The molecule has 2 aromatic heterocycles. The van der Waals surface area contributed by atoms with E-state index in [2.05, 4.69) is 229 Å². The summed E-state index contributed by atoms with van der Waals surface area (Å²) in [5, 5.41) is 6.76. The lowest BCUT2D eigenvalue weighted by Crippen LogP contribution is -2.26. The maximum atomic E-state index is 7.04. The van der Waals surface area contributed by atoms with Crippen molar-refractivity contribution < 1.29 is 8.83 Å². The van der Waals surface area contributed by atoms with Gasteiger partial charge in [-0.25, -0.2) is 0 Å². The van der Waals surface area contributed by atoms with Crippen LogP contribution in [0.4, 0.5) is 17.1 Å². The summed E-state index contributed by atoms with van der Waals surface area (Å²) in [4.78, 5) is 2.49. The van der Waals surface area contributed by atoms with Gasteiger partial charge >= 0.3 is 0 Å². The molecule has 2 heterocycles. The Labute approximate surface area is 392 Å². The van der Waals surface area contributed by atoms with Crippen molar-refractivity contribution in [1.29, 1.82) is 0 Å². The fourth-order valence-corrected chi connectivity index (χ4v) is 12.1. The molecule has 68 heavy (non-hydrogen) atoms. The smallest absolute Gasteiger partial charge is 0.143 e. The molecule has 3 heteroatoms. The summed E-state index contributed by atoms with van der Waals surface area (Å²) < 4.78 is 13.4. The largest absolute Gasteiger partial charge is 0.456 e. The van der Waals surface area contributed by atoms with Crippen molar-refractivity contribution in [3.05, 3.63) is 259 Å². The summed E-state index contributed by atoms with van der Waals surface area (Å²) in [5.74, 6) is 0. The van der Waals surface area contributed by atoms with E-state index in [-0.39, 0.29) is 0 Å². The Bertz CT molecular complexity index is 4180. The van der Waals surface area contributed by atoms with E-state index in [0.717, 1.165) is 94.0 Å². The maximum absolute atomic E-state index is 7.04. The number of benzene rings is 11. The Morgan fingerprint density at radius 2 is 0.853 bits per heavy atom. The van der Waals surface area contributed by atoms with Gasteiger partial charge in [0.2, 0.25) is 0 Å². The molecule has 11 aromatic carbocycles. The quantitative estimate of drug-likeness (QED) is 0.173. The zero-order chi connectivity index (χ0) is 44.5. The zero-order valence-electron chi connectivity index (χ0n) is 36.8. The fraction of sp³-hybridized carbons (Fsp3) is 0.0154. The van der Waals surface area contributed by atoms with Crippen molar-refractivity contribution in [2.75, 3.05) is 4.90 Å². The molecule has 15 rings (SSSR count). The molecule has 0 atom stereocenters. The minimum absolute atomic E-state index is 0.484. The SMILES string of the molecule is c1ccc(N(c2ccc(-c3ccc4c(c3)oc3ccccc34)cc2)c2cccc3c2-c2ccccc2C32c3ccccc3-c3ccccc32)c(-c2cccc3c2oc2c4ccccc4ccc32)c1. The van der Waals surface area contributed by atoms with Gasteiger partial charge in [-0.2, -0.15) is 0 Å². The van der Waals surface area contributed by atoms with Gasteiger partial charge in [0.05, 0.1) is 16.8 Å². The van der Waals surface area contributed by atoms with Gasteiger partial charge in [-0.15, -0.1) is 0 Å². The third-order valence-electron chi connectivity index (χ3n) is 14.9. The number of hydrogen-bond acceptors (Lipinski definition) is 3. The Morgan fingerprint density at radius 3 is 1.66 bits per heavy atom. The van der Waals surface area contributed by atoms with Gasteiger partial charge < -0.3 is 13.7 Å². The molecule has 316 valence electrons. The Kier molecular flexibility index (Phi) is 7.71. The number of nitrogens with zero attached hydrogens (tertiary/aromatic N) is 1. The lowest BCUT2D eigenvalue weighted by atomic mass is 9.70. The summed E-state index contributed by atoms with van der Waals surface area (Å²) >= 11 is 0. The summed E-state index contributed by atoms with van der Waals surface area (Å²) in [6.45, 7) is 0. The number of rotatable bonds is 5. The van der Waals surface area contributed by atoms with E-state index in [1.807, 2.05) is 12.1 Å². The van der Waals surface area contributed by atoms with Crippen molar-refractivity contribution in [2.24, 2.45) is 0 Å². The number of anilines is 3. The molecule has 1 spiro atoms. The van der Waals surface area contributed by atoms with Gasteiger partial charge in [0.1, 0.15) is 22.3 Å². The minimum atomic E-state index is -0.484. The molecule has 0 aliphatic heterocycles. The standard InChI is InChI=1S/C65H39NO2/c1-2-16-44-41(15-1)33-38-52-51-23-13-22-50(64(51)68-63(44)52)47-19-6-11-28-58(47)66(43-35-31-40(32-36-43)42-34-37-49-48-20-7-12-30-60(48)67-61(49)39-42)59-29-14-27-57-62(59)53-21-5-10-26-56(53)65(57)54-24-8-3-17-45(54)46-18-4-9-25-55(46)65/h1-39H. The average molecular weight is 866 g/mol. The molecule has 0 amide bonds. The lowest BCUT2D eigenvalue weighted by Gasteiger charge is -2.32. The lowest BCUT2D eigenvalue weighted by molar-refractivity contribution is 0.669. The number of furan rings is 2. The highest BCUT2D eigenvalue weighted by molar-refractivity contribution is 6.18. The molecule has 13 aromatic rings. The number of para-hydroxylation sites is 3. The normalized spacial score (nSPS) is 13.1. The topological polar surface area (TPSA) is 29.5 Å². The van der Waals surface area contributed by atoms with Crippen LogP contribution < -0.4 is 4.90 Å². The third-order valence-corrected chi connectivity index (χ3v) is 14.9. The van der Waals surface area contributed by atoms with Crippen LogP contribution >= 0.6 is 0 Å². The van der Waals surface area contributed by atoms with Gasteiger partial charge in [-0.05, 0) is 104 Å². The predicted molar refractivity (Wildman–Crippen MR) is 280 cm³/mol. The van der Waals surface area contributed by atoms with Gasteiger partial charge in [-0.3, -0.25) is 0 Å². The van der Waals surface area contributed by atoms with E-state index in [1.54, 1.807) is 0 Å². The van der Waals surface area contributed by atoms with Gasteiger partial charge in [0.25, 0.3) is 0 Å². The summed E-state index contributed by atoms with van der Waals surface area (Å²) in [7, 11) is 0. The van der Waals surface area contributed by atoms with E-state index < -0.39 is 5.41 Å². The van der Waals surface area contributed by atoms with E-state index in [1.165, 1.54) is 44.5 Å². The van der Waals surface area contributed by atoms with Crippen LogP contribution in [0.15, 0.2) is 245 Å². The maximum Gasteiger partial charge on any atom is 0.143 e. The van der Waals surface area contributed by atoms with Crippen LogP contribution in [-0.2, 0) is 5.41 Å². The summed E-state index contributed by atoms with van der Waals surface area (Å²) in [6.07, 6.45) is 0. The molecule has 0 N–H and O–H groups in total. The van der Waals surface area contributed by atoms with Gasteiger partial charge in [0.15, 0.2) is 0 Å². The van der Waals surface area contributed by atoms with Gasteiger partial charge in [0, 0.05) is 49.3 Å². The second-order valence-electron chi connectivity index (χ2n) is 18.2. The van der Waals surface area contributed by atoms with Crippen LogP contribution in [-0.4, -0.2) is 0 Å². The van der Waals surface area contributed by atoms with Crippen LogP contribution in [0, 0.1) is 0 Å². The highest BCUT2D eigenvalue weighted by Crippen LogP contribution is 2.65. The first-order valence-electron chi connectivity index (χ1n) is 23.4. The Hall–Kier alpha value is -8.92. The van der Waals surface area contributed by atoms with Crippen LogP contribution in [0.1, 0.15) is 22.3 Å². The van der Waals surface area contributed by atoms with Crippen LogP contribution in [0.3, 0.4) is 0 Å². The monoisotopic (exact) mass is 865 g/mol. The molecule has 2 aliphatic carbocycles. The minimum Gasteiger partial charge on any atom is -0.456 e. The van der Waals surface area contributed by atoms with Crippen molar-refractivity contribution in [1.82, 2.24) is 0 Å². The van der Waals surface area contributed by atoms with E-state index >= 15 is 0 Å². The molecular weight excluding hydrogens is 827 g/mol. The van der Waals surface area contributed by atoms with Crippen molar-refractivity contribution in [3.8, 4) is 44.5 Å². The molecule has 0 fully saturated rings. The molecule has 0 radical (unpaired) electrons. The average Bonchev–Trinajstić information content (AvgIpc) is 4.15. The predicted octanol–water partition coefficient (Wildman–Crippen LogP) is 17.8. The van der Waals surface area contributed by atoms with Crippen molar-refractivity contribution >= 4 is 71.7 Å². The van der Waals surface area contributed by atoms with Crippen LogP contribution in [0.25, 0.3) is 99.2 Å². The molecule has 2 aliphatic rings. The third kappa shape index (κ3) is 5.02. The van der Waals surface area contributed by atoms with E-state index in [9.17, 15) is 0 Å². The second-order valence-corrected chi connectivity index (χ2v) is 18.2. The van der Waals surface area contributed by atoms with Crippen molar-refractivity contribution in [3.63, 3.8) is 0 Å². The highest BCUT2D eigenvalue weighted by atomic mass is 16.3. The summed E-state index contributed by atoms with van der Waals surface area (Å²) in [6, 6.07) is 86.3. The second kappa shape index (κ2) is 14.0. The first-order chi connectivity index (χ1) is 33.7. The van der Waals surface area contributed by atoms with Crippen LogP contribution in [0.2, 0.25) is 0 Å². The molecule has 0 saturated heterocycles. The Balaban J connectivity index is 0.979. The van der Waals surface area contributed by atoms with E-state index in [0.29, 0.717) is 0 Å². The molecule has 0 saturated carbocycles. The molecule has 3 nitrogen and oxygen atoms in total. The van der Waals surface area contributed by atoms with Gasteiger partial charge in [-0.1, -0.05) is 188 Å². The molecule has 0 bridgehead atoms. The van der Waals surface area contributed by atoms with E-state index in [4.69, 9.17) is 8.83 Å². The molecular formula is C65H39NO2. The summed E-state index contributed by atoms with van der Waals surface area (Å²) in [5.41, 5.74) is 21.0. The fourth-order valence-electron chi connectivity index (χ4n) is 12.1. The Morgan fingerprint density at radius 1 is 0.309 bits per heavy atom. The number of hydrogen-bond donors (Lipinski definition) is 0. The highest BCUT2D eigenvalue weighted by Gasteiger charge is 2.52. The van der Waals surface area contributed by atoms with Crippen LogP contribution in [0.5, 0.6) is 0 Å². The first-order valence-corrected chi connectivity index (χ1v) is 23.4.